The van der Waals surface area contributed by atoms with Crippen molar-refractivity contribution in [3.8, 4) is 27.2 Å². The molecule has 0 atom stereocenters. The number of thiazole rings is 2. The maximum atomic E-state index is 8.53. The summed E-state index contributed by atoms with van der Waals surface area (Å²) in [5.41, 5.74) is 7.78. The summed E-state index contributed by atoms with van der Waals surface area (Å²) in [5.74, 6) is 0. The molecule has 0 radical (unpaired) electrons. The second kappa shape index (κ2) is 13.4. The summed E-state index contributed by atoms with van der Waals surface area (Å²) in [4.78, 5) is 10.9. The Morgan fingerprint density at radius 3 is 1.70 bits per heavy atom. The van der Waals surface area contributed by atoms with Crippen molar-refractivity contribution in [3.05, 3.63) is 82.8 Å². The minimum atomic E-state index is 0. The Labute approximate surface area is 187 Å². The molecule has 0 spiro atoms. The fourth-order valence-corrected chi connectivity index (χ4v) is 4.24. The number of hydrogen-bond donors (Lipinski definition) is 1. The molecule has 0 unspecified atom stereocenters. The average Bonchev–Trinajstić information content (AvgIpc) is 3.41. The Hall–Kier alpha value is -2.85. The van der Waals surface area contributed by atoms with Crippen LogP contribution in [-0.2, 0) is 12.8 Å². The minimum absolute atomic E-state index is 0. The highest BCUT2D eigenvalue weighted by Crippen LogP contribution is 2.25. The number of nitriles is 1. The number of benzene rings is 2. The molecule has 6 heteroatoms. The van der Waals surface area contributed by atoms with Gasteiger partial charge in [-0.15, -0.1) is 22.7 Å². The van der Waals surface area contributed by atoms with Gasteiger partial charge in [-0.3, -0.25) is 0 Å². The van der Waals surface area contributed by atoms with E-state index < -0.39 is 0 Å². The predicted octanol–water partition coefficient (Wildman–Crippen LogP) is 6.46. The van der Waals surface area contributed by atoms with Gasteiger partial charge in [-0.1, -0.05) is 75.5 Å². The predicted molar refractivity (Wildman–Crippen MR) is 131 cm³/mol. The molecule has 0 aliphatic rings. The van der Waals surface area contributed by atoms with Crippen LogP contribution in [0.5, 0.6) is 0 Å². The van der Waals surface area contributed by atoms with Crippen LogP contribution in [0.4, 0.5) is 0 Å². The molecule has 156 valence electrons. The quantitative estimate of drug-likeness (QED) is 0.389. The topological polar surface area (TPSA) is 75.6 Å². The Bertz CT molecular complexity index is 1020. The third-order valence-electron chi connectivity index (χ3n) is 3.79. The highest BCUT2D eigenvalue weighted by molar-refractivity contribution is 7.15. The van der Waals surface area contributed by atoms with Crippen LogP contribution in [0.3, 0.4) is 0 Å². The van der Waals surface area contributed by atoms with Gasteiger partial charge in [-0.25, -0.2) is 9.97 Å². The van der Waals surface area contributed by atoms with Crippen molar-refractivity contribution in [3.63, 3.8) is 0 Å². The van der Waals surface area contributed by atoms with E-state index in [4.69, 9.17) is 11.0 Å². The van der Waals surface area contributed by atoms with Gasteiger partial charge in [0, 0.05) is 33.3 Å². The van der Waals surface area contributed by atoms with Gasteiger partial charge >= 0.3 is 0 Å². The van der Waals surface area contributed by atoms with Crippen molar-refractivity contribution >= 4 is 22.7 Å². The van der Waals surface area contributed by atoms with E-state index in [1.54, 1.807) is 28.9 Å². The molecular weight excluding hydrogens is 408 g/mol. The largest absolute Gasteiger partial charge is 0.330 e. The first-order chi connectivity index (χ1) is 13.8. The molecule has 0 bridgehead atoms. The van der Waals surface area contributed by atoms with Crippen LogP contribution in [0.25, 0.3) is 21.1 Å². The van der Waals surface area contributed by atoms with Gasteiger partial charge in [-0.05, 0) is 13.0 Å². The fourth-order valence-electron chi connectivity index (χ4n) is 2.46. The molecule has 4 nitrogen and oxygen atoms in total. The van der Waals surface area contributed by atoms with E-state index in [9.17, 15) is 0 Å². The molecule has 0 saturated carbocycles. The van der Waals surface area contributed by atoms with Crippen molar-refractivity contribution in [2.45, 2.75) is 27.7 Å². The summed E-state index contributed by atoms with van der Waals surface area (Å²) in [5, 5.41) is 10.6. The zero-order valence-corrected chi connectivity index (χ0v) is 16.9. The molecule has 0 fully saturated rings. The first kappa shape index (κ1) is 25.2. The SMILES string of the molecule is C.C.N#CCc1cnc(-c2ccccc2)s1.NCCc1cnc(-c2ccccc2)s1. The first-order valence-corrected chi connectivity index (χ1v) is 10.5. The average molecular weight is 437 g/mol. The number of nitrogens with two attached hydrogens (primary N) is 1. The van der Waals surface area contributed by atoms with Crippen LogP contribution in [0.1, 0.15) is 24.6 Å². The van der Waals surface area contributed by atoms with Crippen molar-refractivity contribution < 1.29 is 0 Å². The molecule has 0 aliphatic heterocycles. The van der Waals surface area contributed by atoms with Gasteiger partial charge in [0.1, 0.15) is 10.0 Å². The fraction of sp³-hybridized carbons (Fsp3) is 0.208. The summed E-state index contributed by atoms with van der Waals surface area (Å²) in [6, 6.07) is 22.3. The lowest BCUT2D eigenvalue weighted by Crippen LogP contribution is -2.00. The summed E-state index contributed by atoms with van der Waals surface area (Å²) >= 11 is 3.30. The second-order valence-corrected chi connectivity index (χ2v) is 8.10. The lowest BCUT2D eigenvalue weighted by molar-refractivity contribution is 0.984. The maximum Gasteiger partial charge on any atom is 0.123 e. The summed E-state index contributed by atoms with van der Waals surface area (Å²) in [6.45, 7) is 0.691. The van der Waals surface area contributed by atoms with Gasteiger partial charge in [0.05, 0.1) is 12.5 Å². The number of nitrogens with zero attached hydrogens (tertiary/aromatic N) is 3. The molecule has 30 heavy (non-hydrogen) atoms. The Morgan fingerprint density at radius 1 is 0.767 bits per heavy atom. The third-order valence-corrected chi connectivity index (χ3v) is 5.95. The molecule has 2 aromatic carbocycles. The second-order valence-electron chi connectivity index (χ2n) is 5.87. The molecule has 2 N–H and O–H groups in total. The van der Waals surface area contributed by atoms with Gasteiger partial charge in [0.2, 0.25) is 0 Å². The Kier molecular flexibility index (Phi) is 11.2. The standard InChI is InChI=1S/C11H12N2S.C11H8N2S.2CH4/c2*12-7-6-10-8-13-11(14-10)9-4-2-1-3-5-9;;/h1-5,8H,6-7,12H2;1-5,8H,6H2;2*1H4. The van der Waals surface area contributed by atoms with Gasteiger partial charge in [0.15, 0.2) is 0 Å². The first-order valence-electron chi connectivity index (χ1n) is 8.87. The van der Waals surface area contributed by atoms with E-state index in [2.05, 4.69) is 28.2 Å². The molecule has 2 aromatic heterocycles. The summed E-state index contributed by atoms with van der Waals surface area (Å²) in [7, 11) is 0. The maximum absolute atomic E-state index is 8.53. The van der Waals surface area contributed by atoms with Gasteiger partial charge < -0.3 is 5.73 Å². The zero-order valence-electron chi connectivity index (χ0n) is 15.3. The minimum Gasteiger partial charge on any atom is -0.330 e. The van der Waals surface area contributed by atoms with E-state index in [1.165, 1.54) is 10.4 Å². The van der Waals surface area contributed by atoms with Crippen LogP contribution in [0.15, 0.2) is 73.1 Å². The van der Waals surface area contributed by atoms with Crippen molar-refractivity contribution in [2.24, 2.45) is 5.73 Å². The summed E-state index contributed by atoms with van der Waals surface area (Å²) in [6.07, 6.45) is 5.06. The third kappa shape index (κ3) is 7.20. The Balaban J connectivity index is 0.000000281. The molecule has 2 heterocycles. The molecule has 4 aromatic rings. The lowest BCUT2D eigenvalue weighted by atomic mass is 10.2. The molecule has 0 aliphatic carbocycles. The monoisotopic (exact) mass is 436 g/mol. The van der Waals surface area contributed by atoms with Crippen molar-refractivity contribution in [2.75, 3.05) is 6.54 Å². The highest BCUT2D eigenvalue weighted by atomic mass is 32.1. The van der Waals surface area contributed by atoms with Crippen LogP contribution in [0.2, 0.25) is 0 Å². The van der Waals surface area contributed by atoms with E-state index >= 15 is 0 Å². The van der Waals surface area contributed by atoms with E-state index in [0.717, 1.165) is 26.9 Å². The van der Waals surface area contributed by atoms with Crippen LogP contribution in [-0.4, -0.2) is 16.5 Å². The van der Waals surface area contributed by atoms with Crippen LogP contribution >= 0.6 is 22.7 Å². The normalized spacial score (nSPS) is 9.33. The molecule has 4 rings (SSSR count). The van der Waals surface area contributed by atoms with Crippen molar-refractivity contribution in [1.82, 2.24) is 9.97 Å². The molecular formula is C24H28N4S2. The van der Waals surface area contributed by atoms with E-state index in [0.29, 0.717) is 13.0 Å². The smallest absolute Gasteiger partial charge is 0.123 e. The van der Waals surface area contributed by atoms with Crippen LogP contribution < -0.4 is 5.73 Å². The lowest BCUT2D eigenvalue weighted by Gasteiger charge is -1.93. The number of rotatable bonds is 5. The van der Waals surface area contributed by atoms with Crippen molar-refractivity contribution in [1.29, 1.82) is 5.26 Å². The molecule has 0 saturated heterocycles. The zero-order chi connectivity index (χ0) is 19.6. The molecule has 0 amide bonds. The summed E-state index contributed by atoms with van der Waals surface area (Å²) < 4.78 is 0. The number of hydrogen-bond acceptors (Lipinski definition) is 6. The van der Waals surface area contributed by atoms with Gasteiger partial charge in [-0.2, -0.15) is 5.26 Å². The van der Waals surface area contributed by atoms with E-state index in [-0.39, 0.29) is 14.9 Å². The highest BCUT2D eigenvalue weighted by Gasteiger charge is 2.03. The Morgan fingerprint density at radius 2 is 1.23 bits per heavy atom. The van der Waals surface area contributed by atoms with Gasteiger partial charge in [0.25, 0.3) is 0 Å². The number of aromatic nitrogens is 2. The van der Waals surface area contributed by atoms with Crippen LogP contribution in [0, 0.1) is 11.3 Å². The van der Waals surface area contributed by atoms with E-state index in [1.807, 2.05) is 54.7 Å².